The van der Waals surface area contributed by atoms with Crippen LogP contribution in [0.25, 0.3) is 0 Å². The van der Waals surface area contributed by atoms with Crippen LogP contribution in [-0.4, -0.2) is 24.3 Å². The van der Waals surface area contributed by atoms with Gasteiger partial charge < -0.3 is 14.6 Å². The van der Waals surface area contributed by atoms with Crippen LogP contribution in [-0.2, 0) is 0 Å². The van der Waals surface area contributed by atoms with Gasteiger partial charge >= 0.3 is 5.97 Å². The Morgan fingerprint density at radius 3 is 2.65 bits per heavy atom. The van der Waals surface area contributed by atoms with E-state index in [-0.39, 0.29) is 11.7 Å². The lowest BCUT2D eigenvalue weighted by molar-refractivity contribution is 0.0689. The quantitative estimate of drug-likeness (QED) is 0.873. The molecule has 0 heterocycles. The molecule has 17 heavy (non-hydrogen) atoms. The average molecular weight is 236 g/mol. The van der Waals surface area contributed by atoms with Crippen LogP contribution in [0, 0.1) is 0 Å². The number of carboxylic acids is 1. The third-order valence-electron chi connectivity index (χ3n) is 3.02. The summed E-state index contributed by atoms with van der Waals surface area (Å²) in [5, 5.41) is 9.08. The summed E-state index contributed by atoms with van der Waals surface area (Å²) in [5.74, 6) is 0.0485. The van der Waals surface area contributed by atoms with E-state index in [0.29, 0.717) is 11.5 Å². The molecule has 0 aromatic heterocycles. The number of ether oxygens (including phenoxy) is 2. The highest BCUT2D eigenvalue weighted by molar-refractivity contribution is 5.91. The maximum atomic E-state index is 11.1. The Morgan fingerprint density at radius 1 is 1.35 bits per heavy atom. The minimum Gasteiger partial charge on any atom is -0.497 e. The van der Waals surface area contributed by atoms with Gasteiger partial charge in [0.1, 0.15) is 17.1 Å². The Balaban J connectivity index is 2.24. The fraction of sp³-hybridized carbons (Fsp3) is 0.462. The molecule has 0 bridgehead atoms. The van der Waals surface area contributed by atoms with Crippen molar-refractivity contribution in [1.82, 2.24) is 0 Å². The maximum absolute atomic E-state index is 11.1. The predicted octanol–water partition coefficient (Wildman–Crippen LogP) is 2.71. The van der Waals surface area contributed by atoms with E-state index in [2.05, 4.69) is 0 Å². The number of hydrogen-bond acceptors (Lipinski definition) is 3. The van der Waals surface area contributed by atoms with Crippen molar-refractivity contribution in [3.63, 3.8) is 0 Å². The number of benzene rings is 1. The summed E-state index contributed by atoms with van der Waals surface area (Å²) in [6, 6.07) is 4.79. The molecule has 1 saturated carbocycles. The van der Waals surface area contributed by atoms with Crippen molar-refractivity contribution in [2.75, 3.05) is 7.11 Å². The van der Waals surface area contributed by atoms with Crippen LogP contribution < -0.4 is 9.47 Å². The van der Waals surface area contributed by atoms with Crippen molar-refractivity contribution in [3.05, 3.63) is 23.8 Å². The van der Waals surface area contributed by atoms with E-state index in [9.17, 15) is 4.79 Å². The minimum atomic E-state index is -0.972. The van der Waals surface area contributed by atoms with Gasteiger partial charge in [0, 0.05) is 6.07 Å². The summed E-state index contributed by atoms with van der Waals surface area (Å²) in [6.07, 6.45) is 4.43. The first-order valence-electron chi connectivity index (χ1n) is 5.78. The summed E-state index contributed by atoms with van der Waals surface area (Å²) in [6.45, 7) is 0. The zero-order valence-electron chi connectivity index (χ0n) is 9.81. The highest BCUT2D eigenvalue weighted by Gasteiger charge is 2.20. The standard InChI is InChI=1S/C13H16O4/c1-16-10-6-7-11(13(14)15)12(8-10)17-9-4-2-3-5-9/h6-9H,2-5H2,1H3,(H,14,15). The van der Waals surface area contributed by atoms with Crippen LogP contribution in [0.2, 0.25) is 0 Å². The number of hydrogen-bond donors (Lipinski definition) is 1. The molecule has 4 heteroatoms. The summed E-state index contributed by atoms with van der Waals surface area (Å²) < 4.78 is 10.8. The molecule has 0 amide bonds. The molecule has 1 aromatic rings. The largest absolute Gasteiger partial charge is 0.497 e. The molecule has 1 aliphatic carbocycles. The van der Waals surface area contributed by atoms with Gasteiger partial charge in [-0.2, -0.15) is 0 Å². The van der Waals surface area contributed by atoms with Crippen LogP contribution >= 0.6 is 0 Å². The molecule has 0 radical (unpaired) electrons. The molecular formula is C13H16O4. The Morgan fingerprint density at radius 2 is 2.06 bits per heavy atom. The summed E-state index contributed by atoms with van der Waals surface area (Å²) >= 11 is 0. The van der Waals surface area contributed by atoms with Crippen LogP contribution in [0.5, 0.6) is 11.5 Å². The van der Waals surface area contributed by atoms with Crippen molar-refractivity contribution in [2.24, 2.45) is 0 Å². The van der Waals surface area contributed by atoms with Gasteiger partial charge in [-0.3, -0.25) is 0 Å². The van der Waals surface area contributed by atoms with Crippen molar-refractivity contribution in [2.45, 2.75) is 31.8 Å². The molecule has 0 spiro atoms. The second-order valence-corrected chi connectivity index (χ2v) is 4.19. The smallest absolute Gasteiger partial charge is 0.339 e. The second-order valence-electron chi connectivity index (χ2n) is 4.19. The Labute approximate surface area is 100 Å². The highest BCUT2D eigenvalue weighted by atomic mass is 16.5. The molecule has 1 N–H and O–H groups in total. The van der Waals surface area contributed by atoms with Gasteiger partial charge in [-0.05, 0) is 37.8 Å². The molecule has 92 valence electrons. The van der Waals surface area contributed by atoms with Crippen LogP contribution in [0.4, 0.5) is 0 Å². The molecule has 1 aromatic carbocycles. The van der Waals surface area contributed by atoms with E-state index in [4.69, 9.17) is 14.6 Å². The van der Waals surface area contributed by atoms with Crippen molar-refractivity contribution < 1.29 is 19.4 Å². The van der Waals surface area contributed by atoms with E-state index in [0.717, 1.165) is 25.7 Å². The van der Waals surface area contributed by atoms with E-state index >= 15 is 0 Å². The number of aromatic carboxylic acids is 1. The molecule has 0 saturated heterocycles. The molecule has 1 fully saturated rings. The van der Waals surface area contributed by atoms with Gasteiger partial charge in [0.2, 0.25) is 0 Å². The lowest BCUT2D eigenvalue weighted by Crippen LogP contribution is -2.13. The van der Waals surface area contributed by atoms with Crippen molar-refractivity contribution in [3.8, 4) is 11.5 Å². The highest BCUT2D eigenvalue weighted by Crippen LogP contribution is 2.29. The Bertz CT molecular complexity index is 408. The van der Waals surface area contributed by atoms with Gasteiger partial charge in [0.15, 0.2) is 0 Å². The number of rotatable bonds is 4. The first-order chi connectivity index (χ1) is 8.20. The topological polar surface area (TPSA) is 55.8 Å². The Hall–Kier alpha value is -1.71. The first-order valence-corrected chi connectivity index (χ1v) is 5.78. The number of carboxylic acid groups (broad SMARTS) is 1. The van der Waals surface area contributed by atoms with E-state index in [1.165, 1.54) is 6.07 Å². The molecular weight excluding hydrogens is 220 g/mol. The van der Waals surface area contributed by atoms with E-state index < -0.39 is 5.97 Å². The zero-order valence-corrected chi connectivity index (χ0v) is 9.81. The minimum absolute atomic E-state index is 0.139. The fourth-order valence-corrected chi connectivity index (χ4v) is 2.09. The summed E-state index contributed by atoms with van der Waals surface area (Å²) in [7, 11) is 1.55. The second kappa shape index (κ2) is 5.08. The van der Waals surface area contributed by atoms with E-state index in [1.54, 1.807) is 19.2 Å². The summed E-state index contributed by atoms with van der Waals surface area (Å²) in [5.41, 5.74) is 0.192. The molecule has 2 rings (SSSR count). The van der Waals surface area contributed by atoms with Crippen LogP contribution in [0.3, 0.4) is 0 Å². The lowest BCUT2D eigenvalue weighted by Gasteiger charge is -2.15. The number of methoxy groups -OCH3 is 1. The normalized spacial score (nSPS) is 15.8. The Kier molecular flexibility index (Phi) is 3.52. The summed E-state index contributed by atoms with van der Waals surface area (Å²) in [4.78, 5) is 11.1. The van der Waals surface area contributed by atoms with Crippen LogP contribution in [0.1, 0.15) is 36.0 Å². The first kappa shape index (κ1) is 11.8. The van der Waals surface area contributed by atoms with Gasteiger partial charge in [0.25, 0.3) is 0 Å². The van der Waals surface area contributed by atoms with Gasteiger partial charge in [-0.1, -0.05) is 0 Å². The van der Waals surface area contributed by atoms with Gasteiger partial charge in [0.05, 0.1) is 13.2 Å². The average Bonchev–Trinajstić information content (AvgIpc) is 2.81. The third kappa shape index (κ3) is 2.70. The lowest BCUT2D eigenvalue weighted by atomic mass is 10.2. The molecule has 0 atom stereocenters. The van der Waals surface area contributed by atoms with Gasteiger partial charge in [-0.25, -0.2) is 4.79 Å². The zero-order chi connectivity index (χ0) is 12.3. The fourth-order valence-electron chi connectivity index (χ4n) is 2.09. The maximum Gasteiger partial charge on any atom is 0.339 e. The van der Waals surface area contributed by atoms with Crippen LogP contribution in [0.15, 0.2) is 18.2 Å². The predicted molar refractivity (Wildman–Crippen MR) is 62.8 cm³/mol. The molecule has 0 unspecified atom stereocenters. The monoisotopic (exact) mass is 236 g/mol. The van der Waals surface area contributed by atoms with E-state index in [1.807, 2.05) is 0 Å². The third-order valence-corrected chi connectivity index (χ3v) is 3.02. The molecule has 4 nitrogen and oxygen atoms in total. The molecule has 1 aliphatic rings. The van der Waals surface area contributed by atoms with Crippen molar-refractivity contribution in [1.29, 1.82) is 0 Å². The molecule has 0 aliphatic heterocycles. The van der Waals surface area contributed by atoms with Gasteiger partial charge in [-0.15, -0.1) is 0 Å². The SMILES string of the molecule is COc1ccc(C(=O)O)c(OC2CCCC2)c1. The number of carbonyl (C=O) groups is 1. The van der Waals surface area contributed by atoms with Crippen molar-refractivity contribution >= 4 is 5.97 Å².